The standard InChI is InChI=1S/C19H30N4O2/c1-13(2)22-8-6-7-19(4,12-22)18-20-14(3)15-11-16(24)23(9-10-25-5)17(15)21-18/h13H,6-12H2,1-5H3/t19-/m1/s1. The largest absolute Gasteiger partial charge is 0.383 e. The first-order valence-electron chi connectivity index (χ1n) is 9.27. The SMILES string of the molecule is COCCN1C(=O)Cc2c(C)nc([C@]3(C)CCCN(C(C)C)C3)nc21. The summed E-state index contributed by atoms with van der Waals surface area (Å²) in [5.74, 6) is 1.78. The van der Waals surface area contributed by atoms with Gasteiger partial charge in [0.1, 0.15) is 11.6 Å². The first-order chi connectivity index (χ1) is 11.9. The molecule has 0 aliphatic carbocycles. The molecule has 1 fully saturated rings. The van der Waals surface area contributed by atoms with Gasteiger partial charge in [0.05, 0.1) is 19.6 Å². The lowest BCUT2D eigenvalue weighted by atomic mass is 9.80. The molecule has 0 N–H and O–H groups in total. The molecule has 2 aliphatic rings. The van der Waals surface area contributed by atoms with Crippen molar-refractivity contribution in [1.82, 2.24) is 14.9 Å². The number of hydrogen-bond donors (Lipinski definition) is 0. The van der Waals surface area contributed by atoms with Crippen molar-refractivity contribution in [3.8, 4) is 0 Å². The second-order valence-corrected chi connectivity index (χ2v) is 7.88. The Balaban J connectivity index is 1.95. The van der Waals surface area contributed by atoms with E-state index in [0.717, 1.165) is 48.8 Å². The van der Waals surface area contributed by atoms with E-state index >= 15 is 0 Å². The number of methoxy groups -OCH3 is 1. The van der Waals surface area contributed by atoms with E-state index in [1.807, 2.05) is 6.92 Å². The summed E-state index contributed by atoms with van der Waals surface area (Å²) in [7, 11) is 1.65. The molecule has 0 radical (unpaired) electrons. The van der Waals surface area contributed by atoms with Gasteiger partial charge in [0.15, 0.2) is 0 Å². The molecule has 0 aromatic carbocycles. The molecule has 3 heterocycles. The summed E-state index contributed by atoms with van der Waals surface area (Å²) in [6.45, 7) is 11.9. The van der Waals surface area contributed by atoms with Gasteiger partial charge in [-0.05, 0) is 40.2 Å². The number of ether oxygens (including phenoxy) is 1. The Morgan fingerprint density at radius 3 is 2.76 bits per heavy atom. The van der Waals surface area contributed by atoms with Crippen LogP contribution < -0.4 is 4.90 Å². The van der Waals surface area contributed by atoms with Crippen LogP contribution in [0.2, 0.25) is 0 Å². The highest BCUT2D eigenvalue weighted by molar-refractivity contribution is 6.00. The fraction of sp³-hybridized carbons (Fsp3) is 0.737. The van der Waals surface area contributed by atoms with Gasteiger partial charge in [0.2, 0.25) is 5.91 Å². The zero-order chi connectivity index (χ0) is 18.2. The maximum Gasteiger partial charge on any atom is 0.232 e. The molecular formula is C19H30N4O2. The smallest absolute Gasteiger partial charge is 0.232 e. The average molecular weight is 346 g/mol. The van der Waals surface area contributed by atoms with Crippen LogP contribution in [0, 0.1) is 6.92 Å². The highest BCUT2D eigenvalue weighted by atomic mass is 16.5. The Kier molecular flexibility index (Phi) is 5.11. The Labute approximate surface area is 150 Å². The number of anilines is 1. The lowest BCUT2D eigenvalue weighted by Crippen LogP contribution is -2.48. The summed E-state index contributed by atoms with van der Waals surface area (Å²) in [5, 5.41) is 0. The normalized spacial score (nSPS) is 24.2. The van der Waals surface area contributed by atoms with Crippen molar-refractivity contribution in [2.45, 2.75) is 58.4 Å². The lowest BCUT2D eigenvalue weighted by Gasteiger charge is -2.41. The van der Waals surface area contributed by atoms with Crippen molar-refractivity contribution in [3.05, 3.63) is 17.1 Å². The number of carbonyl (C=O) groups is 1. The van der Waals surface area contributed by atoms with Crippen molar-refractivity contribution in [2.75, 3.05) is 38.3 Å². The molecule has 1 amide bonds. The van der Waals surface area contributed by atoms with E-state index in [4.69, 9.17) is 14.7 Å². The van der Waals surface area contributed by atoms with Crippen LogP contribution in [-0.4, -0.2) is 60.2 Å². The molecule has 3 rings (SSSR count). The quantitative estimate of drug-likeness (QED) is 0.817. The molecule has 25 heavy (non-hydrogen) atoms. The Bertz CT molecular complexity index is 661. The molecule has 138 valence electrons. The first-order valence-corrected chi connectivity index (χ1v) is 9.27. The summed E-state index contributed by atoms with van der Waals surface area (Å²) >= 11 is 0. The van der Waals surface area contributed by atoms with Crippen molar-refractivity contribution in [3.63, 3.8) is 0 Å². The lowest BCUT2D eigenvalue weighted by molar-refractivity contribution is -0.117. The van der Waals surface area contributed by atoms with Crippen LogP contribution in [0.15, 0.2) is 0 Å². The van der Waals surface area contributed by atoms with Gasteiger partial charge in [-0.2, -0.15) is 0 Å². The van der Waals surface area contributed by atoms with Crippen molar-refractivity contribution < 1.29 is 9.53 Å². The predicted octanol–water partition coefficient (Wildman–Crippen LogP) is 2.08. The summed E-state index contributed by atoms with van der Waals surface area (Å²) in [4.78, 5) is 26.4. The van der Waals surface area contributed by atoms with E-state index in [9.17, 15) is 4.79 Å². The molecular weight excluding hydrogens is 316 g/mol. The third-order valence-electron chi connectivity index (χ3n) is 5.59. The third-order valence-corrected chi connectivity index (χ3v) is 5.59. The maximum atomic E-state index is 12.4. The third kappa shape index (κ3) is 3.42. The zero-order valence-corrected chi connectivity index (χ0v) is 16.1. The van der Waals surface area contributed by atoms with Crippen molar-refractivity contribution in [1.29, 1.82) is 0 Å². The molecule has 2 aliphatic heterocycles. The Morgan fingerprint density at radius 1 is 1.32 bits per heavy atom. The molecule has 6 heteroatoms. The summed E-state index contributed by atoms with van der Waals surface area (Å²) in [5.41, 5.74) is 1.85. The number of rotatable bonds is 5. The van der Waals surface area contributed by atoms with Crippen molar-refractivity contribution >= 4 is 11.7 Å². The molecule has 6 nitrogen and oxygen atoms in total. The molecule has 1 atom stereocenters. The highest BCUT2D eigenvalue weighted by Crippen LogP contribution is 2.36. The topological polar surface area (TPSA) is 58.6 Å². The van der Waals surface area contributed by atoms with Gasteiger partial charge in [-0.25, -0.2) is 9.97 Å². The van der Waals surface area contributed by atoms with Crippen LogP contribution in [0.5, 0.6) is 0 Å². The van der Waals surface area contributed by atoms with Gasteiger partial charge >= 0.3 is 0 Å². The number of nitrogens with zero attached hydrogens (tertiary/aromatic N) is 4. The minimum absolute atomic E-state index is 0.0686. The van der Waals surface area contributed by atoms with E-state index in [1.165, 1.54) is 0 Å². The summed E-state index contributed by atoms with van der Waals surface area (Å²) in [6.07, 6.45) is 2.64. The minimum atomic E-state index is -0.0686. The van der Waals surface area contributed by atoms with Gasteiger partial charge in [-0.1, -0.05) is 6.92 Å². The van der Waals surface area contributed by atoms with Crippen LogP contribution >= 0.6 is 0 Å². The van der Waals surface area contributed by atoms with Gasteiger partial charge in [-0.3, -0.25) is 14.6 Å². The second-order valence-electron chi connectivity index (χ2n) is 7.88. The summed E-state index contributed by atoms with van der Waals surface area (Å²) < 4.78 is 5.16. The fourth-order valence-electron chi connectivity index (χ4n) is 3.96. The van der Waals surface area contributed by atoms with Crippen LogP contribution in [0.4, 0.5) is 5.82 Å². The van der Waals surface area contributed by atoms with Crippen molar-refractivity contribution in [2.24, 2.45) is 0 Å². The number of aromatic nitrogens is 2. The van der Waals surface area contributed by atoms with Crippen LogP contribution in [0.25, 0.3) is 0 Å². The van der Waals surface area contributed by atoms with E-state index in [0.29, 0.717) is 25.6 Å². The number of amides is 1. The molecule has 0 spiro atoms. The van der Waals surface area contributed by atoms with Gasteiger partial charge in [0, 0.05) is 36.4 Å². The molecule has 0 unspecified atom stereocenters. The number of fused-ring (bicyclic) bond motifs is 1. The van der Waals surface area contributed by atoms with Gasteiger partial charge in [-0.15, -0.1) is 0 Å². The predicted molar refractivity (Wildman–Crippen MR) is 98.0 cm³/mol. The number of hydrogen-bond acceptors (Lipinski definition) is 5. The van der Waals surface area contributed by atoms with E-state index in [2.05, 4.69) is 25.7 Å². The number of likely N-dealkylation sites (tertiary alicyclic amines) is 1. The molecule has 1 saturated heterocycles. The highest BCUT2D eigenvalue weighted by Gasteiger charge is 2.39. The molecule has 1 aromatic rings. The Morgan fingerprint density at radius 2 is 2.08 bits per heavy atom. The Hall–Kier alpha value is -1.53. The monoisotopic (exact) mass is 346 g/mol. The van der Waals surface area contributed by atoms with Gasteiger partial charge in [0.25, 0.3) is 0 Å². The molecule has 0 bridgehead atoms. The number of carbonyl (C=O) groups excluding carboxylic acids is 1. The van der Waals surface area contributed by atoms with E-state index in [1.54, 1.807) is 12.0 Å². The molecule has 0 saturated carbocycles. The molecule has 1 aromatic heterocycles. The first kappa shape index (κ1) is 18.3. The average Bonchev–Trinajstić information content (AvgIpc) is 2.89. The fourth-order valence-corrected chi connectivity index (χ4v) is 3.96. The maximum absolute atomic E-state index is 12.4. The van der Waals surface area contributed by atoms with Crippen LogP contribution in [-0.2, 0) is 21.4 Å². The number of aryl methyl sites for hydroxylation is 1. The summed E-state index contributed by atoms with van der Waals surface area (Å²) in [6, 6.07) is 0.523. The van der Waals surface area contributed by atoms with E-state index in [-0.39, 0.29) is 11.3 Å². The van der Waals surface area contributed by atoms with Gasteiger partial charge < -0.3 is 4.74 Å². The zero-order valence-electron chi connectivity index (χ0n) is 16.1. The second kappa shape index (κ2) is 7.00. The van der Waals surface area contributed by atoms with Crippen LogP contribution in [0.3, 0.4) is 0 Å². The van der Waals surface area contributed by atoms with E-state index < -0.39 is 0 Å². The number of piperidine rings is 1. The van der Waals surface area contributed by atoms with Crippen LogP contribution in [0.1, 0.15) is 50.7 Å². The minimum Gasteiger partial charge on any atom is -0.383 e.